The normalized spacial score (nSPS) is 18.7. The van der Waals surface area contributed by atoms with Gasteiger partial charge < -0.3 is 40.3 Å². The van der Waals surface area contributed by atoms with Crippen molar-refractivity contribution in [3.05, 3.63) is 125 Å². The smallest absolute Gasteiger partial charge is 0.315 e. The average Bonchev–Trinajstić information content (AvgIpc) is 3.07. The molecule has 4 atom stereocenters. The Morgan fingerprint density at radius 1 is 0.891 bits per heavy atom. The summed E-state index contributed by atoms with van der Waals surface area (Å²) in [5.74, 6) is 0.122. The molecular weight excluding hydrogens is 582 g/mol. The molecule has 0 spiro atoms. The predicted octanol–water partition coefficient (Wildman–Crippen LogP) is 5.58. The first kappa shape index (κ1) is 33.1. The molecule has 1 aliphatic heterocycles. The summed E-state index contributed by atoms with van der Waals surface area (Å²) in [6.45, 7) is 3.81. The number of phenolic OH excluding ortho intramolecular Hbond substituents is 1. The number of nitrogens with one attached hydrogen (secondary N) is 2. The number of phenols is 1. The predicted molar refractivity (Wildman–Crippen MR) is 177 cm³/mol. The highest BCUT2D eigenvalue weighted by Crippen LogP contribution is 2.38. The van der Waals surface area contributed by atoms with Gasteiger partial charge in [0.1, 0.15) is 5.75 Å². The van der Waals surface area contributed by atoms with Gasteiger partial charge in [-0.05, 0) is 65.6 Å². The lowest BCUT2D eigenvalue weighted by molar-refractivity contribution is -0.252. The highest BCUT2D eigenvalue weighted by molar-refractivity contribution is 5.73. The topological polar surface area (TPSA) is 124 Å². The molecule has 0 radical (unpaired) electrons. The van der Waals surface area contributed by atoms with Crippen LogP contribution in [0.3, 0.4) is 0 Å². The van der Waals surface area contributed by atoms with Crippen molar-refractivity contribution in [3.63, 3.8) is 0 Å². The van der Waals surface area contributed by atoms with Crippen LogP contribution in [0.4, 0.5) is 4.79 Å². The first-order chi connectivity index (χ1) is 22.3. The highest BCUT2D eigenvalue weighted by atomic mass is 16.7. The second-order valence-corrected chi connectivity index (χ2v) is 11.7. The number of aromatic hydroxyl groups is 1. The Balaban J connectivity index is 1.30. The van der Waals surface area contributed by atoms with Gasteiger partial charge in [0, 0.05) is 38.2 Å². The molecule has 0 bridgehead atoms. The molecule has 9 heteroatoms. The molecule has 1 saturated heterocycles. The summed E-state index contributed by atoms with van der Waals surface area (Å²) in [6, 6.07) is 30.5. The molecule has 46 heavy (non-hydrogen) atoms. The van der Waals surface area contributed by atoms with Crippen LogP contribution in [0.2, 0.25) is 0 Å². The molecule has 4 aromatic rings. The maximum atomic E-state index is 11.8. The van der Waals surface area contributed by atoms with Gasteiger partial charge in [0.05, 0.1) is 24.9 Å². The largest absolute Gasteiger partial charge is 0.508 e. The standard InChI is InChI=1S/C37H43N3O6/c1-3-38-37(44)39-21-26-6-4-7-30(18-26)27-14-16-29(17-15-27)36-45-33(20-35(46-36)28-12-10-25(24-41)11-13-28)22-40(2)23-34(43)31-8-5-9-32(42)19-31/h4-19,33-36,41-43H,3,20-24H2,1-2H3,(H2,38,39,44)/t33-,34-,35+,36+/m1/s1. The van der Waals surface area contributed by atoms with Crippen molar-refractivity contribution in [2.24, 2.45) is 0 Å². The summed E-state index contributed by atoms with van der Waals surface area (Å²) in [5, 5.41) is 35.8. The molecule has 4 aromatic carbocycles. The molecule has 0 aliphatic carbocycles. The Kier molecular flexibility index (Phi) is 11.4. The number of hydrogen-bond donors (Lipinski definition) is 5. The fraction of sp³-hybridized carbons (Fsp3) is 0.324. The number of aliphatic hydroxyl groups excluding tert-OH is 2. The number of likely N-dealkylation sites (N-methyl/N-ethyl adjacent to an activating group) is 1. The van der Waals surface area contributed by atoms with Crippen molar-refractivity contribution < 1.29 is 29.6 Å². The van der Waals surface area contributed by atoms with E-state index in [1.807, 2.05) is 85.6 Å². The lowest BCUT2D eigenvalue weighted by Gasteiger charge is -2.38. The van der Waals surface area contributed by atoms with Crippen LogP contribution in [-0.4, -0.2) is 59.0 Å². The SMILES string of the molecule is CCNC(=O)NCc1cccc(-c2ccc([C@H]3O[C@@H](CN(C)C[C@@H](O)c4cccc(O)c4)C[C@@H](c4ccc(CO)cc4)O3)cc2)c1. The van der Waals surface area contributed by atoms with Crippen LogP contribution >= 0.6 is 0 Å². The van der Waals surface area contributed by atoms with E-state index in [-0.39, 0.29) is 30.6 Å². The van der Waals surface area contributed by atoms with Crippen LogP contribution in [0.15, 0.2) is 97.1 Å². The van der Waals surface area contributed by atoms with Gasteiger partial charge in [0.15, 0.2) is 6.29 Å². The summed E-state index contributed by atoms with van der Waals surface area (Å²) in [6.07, 6.45) is -1.15. The third-order valence-corrected chi connectivity index (χ3v) is 8.10. The van der Waals surface area contributed by atoms with E-state index in [9.17, 15) is 20.1 Å². The Morgan fingerprint density at radius 2 is 1.63 bits per heavy atom. The third-order valence-electron chi connectivity index (χ3n) is 8.10. The van der Waals surface area contributed by atoms with Crippen LogP contribution in [0.5, 0.6) is 5.75 Å². The van der Waals surface area contributed by atoms with Gasteiger partial charge in [-0.15, -0.1) is 0 Å². The lowest BCUT2D eigenvalue weighted by Crippen LogP contribution is -2.39. The molecule has 242 valence electrons. The molecule has 1 aliphatic rings. The van der Waals surface area contributed by atoms with E-state index in [0.717, 1.165) is 33.4 Å². The first-order valence-electron chi connectivity index (χ1n) is 15.7. The molecule has 1 heterocycles. The fourth-order valence-electron chi connectivity index (χ4n) is 5.69. The Bertz CT molecular complexity index is 1560. The highest BCUT2D eigenvalue weighted by Gasteiger charge is 2.33. The van der Waals surface area contributed by atoms with E-state index in [0.29, 0.717) is 38.2 Å². The van der Waals surface area contributed by atoms with Crippen molar-refractivity contribution in [1.82, 2.24) is 15.5 Å². The van der Waals surface area contributed by atoms with Crippen molar-refractivity contribution in [2.75, 3.05) is 26.7 Å². The molecule has 0 aromatic heterocycles. The summed E-state index contributed by atoms with van der Waals surface area (Å²) >= 11 is 0. The number of rotatable bonds is 12. The van der Waals surface area contributed by atoms with Gasteiger partial charge >= 0.3 is 6.03 Å². The molecule has 0 unspecified atom stereocenters. The number of nitrogens with zero attached hydrogens (tertiary/aromatic N) is 1. The van der Waals surface area contributed by atoms with Crippen molar-refractivity contribution in [1.29, 1.82) is 0 Å². The van der Waals surface area contributed by atoms with E-state index < -0.39 is 12.4 Å². The molecule has 2 amide bonds. The number of ether oxygens (including phenoxy) is 2. The van der Waals surface area contributed by atoms with E-state index >= 15 is 0 Å². The van der Waals surface area contributed by atoms with Gasteiger partial charge in [-0.1, -0.05) is 78.9 Å². The maximum Gasteiger partial charge on any atom is 0.315 e. The van der Waals surface area contributed by atoms with Crippen LogP contribution in [0, 0.1) is 0 Å². The second-order valence-electron chi connectivity index (χ2n) is 11.7. The number of hydrogen-bond acceptors (Lipinski definition) is 7. The fourth-order valence-corrected chi connectivity index (χ4v) is 5.69. The number of aliphatic hydroxyl groups is 2. The van der Waals surface area contributed by atoms with E-state index in [4.69, 9.17) is 9.47 Å². The summed E-state index contributed by atoms with van der Waals surface area (Å²) < 4.78 is 13.0. The molecular formula is C37H43N3O6. The van der Waals surface area contributed by atoms with Crippen molar-refractivity contribution in [3.8, 4) is 16.9 Å². The minimum Gasteiger partial charge on any atom is -0.508 e. The van der Waals surface area contributed by atoms with Crippen LogP contribution in [-0.2, 0) is 22.6 Å². The first-order valence-corrected chi connectivity index (χ1v) is 15.7. The van der Waals surface area contributed by atoms with Gasteiger partial charge in [0.25, 0.3) is 0 Å². The molecule has 0 saturated carbocycles. The van der Waals surface area contributed by atoms with Crippen LogP contribution in [0.25, 0.3) is 11.1 Å². The van der Waals surface area contributed by atoms with E-state index in [2.05, 4.69) is 16.7 Å². The third kappa shape index (κ3) is 8.93. The zero-order valence-corrected chi connectivity index (χ0v) is 26.3. The zero-order valence-electron chi connectivity index (χ0n) is 26.3. The van der Waals surface area contributed by atoms with Gasteiger partial charge in [-0.25, -0.2) is 4.79 Å². The monoisotopic (exact) mass is 625 g/mol. The molecule has 5 N–H and O–H groups in total. The number of urea groups is 1. The summed E-state index contributed by atoms with van der Waals surface area (Å²) in [7, 11) is 1.94. The van der Waals surface area contributed by atoms with E-state index in [1.54, 1.807) is 24.3 Å². The molecule has 5 rings (SSSR count). The van der Waals surface area contributed by atoms with Crippen LogP contribution in [0.1, 0.15) is 59.7 Å². The van der Waals surface area contributed by atoms with Crippen molar-refractivity contribution in [2.45, 2.75) is 51.1 Å². The molecule has 1 fully saturated rings. The Hall–Kier alpha value is -4.25. The quantitative estimate of drug-likeness (QED) is 0.139. The number of carbonyl (C=O) groups is 1. The lowest BCUT2D eigenvalue weighted by atomic mass is 9.99. The maximum absolute atomic E-state index is 11.8. The van der Waals surface area contributed by atoms with Gasteiger partial charge in [-0.3, -0.25) is 0 Å². The Labute approximate surface area is 270 Å². The molecule has 9 nitrogen and oxygen atoms in total. The minimum absolute atomic E-state index is 0.0214. The summed E-state index contributed by atoms with van der Waals surface area (Å²) in [4.78, 5) is 13.9. The minimum atomic E-state index is -0.759. The van der Waals surface area contributed by atoms with Crippen LogP contribution < -0.4 is 10.6 Å². The zero-order chi connectivity index (χ0) is 32.5. The summed E-state index contributed by atoms with van der Waals surface area (Å²) in [5.41, 5.74) is 6.47. The Morgan fingerprint density at radius 3 is 2.35 bits per heavy atom. The second kappa shape index (κ2) is 15.8. The number of carbonyl (C=O) groups excluding carboxylic acids is 1. The number of benzene rings is 4. The van der Waals surface area contributed by atoms with Gasteiger partial charge in [-0.2, -0.15) is 0 Å². The number of amides is 2. The average molecular weight is 626 g/mol. The van der Waals surface area contributed by atoms with Gasteiger partial charge in [0.2, 0.25) is 0 Å². The van der Waals surface area contributed by atoms with Crippen molar-refractivity contribution >= 4 is 6.03 Å². The van der Waals surface area contributed by atoms with E-state index in [1.165, 1.54) is 0 Å².